The molecule has 2 spiro atoms. The highest BCUT2D eigenvalue weighted by molar-refractivity contribution is 6.62. The third-order valence-electron chi connectivity index (χ3n) is 6.02. The molecule has 23 heavy (non-hydrogen) atoms. The summed E-state index contributed by atoms with van der Waals surface area (Å²) in [6, 6.07) is 2.02. The predicted molar refractivity (Wildman–Crippen MR) is 85.0 cm³/mol. The van der Waals surface area contributed by atoms with Crippen LogP contribution >= 0.6 is 0 Å². The minimum Gasteiger partial charge on any atom is -0.423 e. The number of aromatic nitrogens is 2. The van der Waals surface area contributed by atoms with E-state index >= 15 is 0 Å². The van der Waals surface area contributed by atoms with Gasteiger partial charge < -0.3 is 19.6 Å². The van der Waals surface area contributed by atoms with Gasteiger partial charge in [-0.3, -0.25) is 4.79 Å². The van der Waals surface area contributed by atoms with Gasteiger partial charge in [0.25, 0.3) is 0 Å². The highest BCUT2D eigenvalue weighted by Gasteiger charge is 2.55. The Kier molecular flexibility index (Phi) is 2.57. The number of amides is 1. The van der Waals surface area contributed by atoms with Crippen LogP contribution in [0.3, 0.4) is 0 Å². The Labute approximate surface area is 134 Å². The first-order valence-electron chi connectivity index (χ1n) is 8.17. The lowest BCUT2D eigenvalue weighted by Crippen LogP contribution is -2.58. The molecular formula is C16H18BN3O3. The summed E-state index contributed by atoms with van der Waals surface area (Å²) in [7, 11) is -0.890. The van der Waals surface area contributed by atoms with Crippen LogP contribution in [0.15, 0.2) is 18.5 Å². The van der Waals surface area contributed by atoms with Crippen LogP contribution in [0, 0.1) is 5.41 Å². The number of nitrogens with one attached hydrogen (secondary N) is 1. The summed E-state index contributed by atoms with van der Waals surface area (Å²) in [6.07, 6.45) is 8.37. The number of nitrogens with zero attached hydrogens (tertiary/aromatic N) is 2. The normalized spacial score (nSPS) is 24.2. The summed E-state index contributed by atoms with van der Waals surface area (Å²) >= 11 is 0. The molecule has 6 nitrogen and oxygen atoms in total. The molecule has 0 unspecified atom stereocenters. The van der Waals surface area contributed by atoms with Crippen molar-refractivity contribution < 1.29 is 14.5 Å². The molecular weight excluding hydrogens is 293 g/mol. The molecule has 7 heteroatoms. The zero-order valence-corrected chi connectivity index (χ0v) is 12.8. The van der Waals surface area contributed by atoms with Gasteiger partial charge in [-0.25, -0.2) is 4.98 Å². The molecule has 1 aliphatic carbocycles. The monoisotopic (exact) mass is 311 g/mol. The number of aromatic amines is 1. The molecule has 2 N–H and O–H groups in total. The maximum absolute atomic E-state index is 10.8. The van der Waals surface area contributed by atoms with Gasteiger partial charge in [-0.15, -0.1) is 0 Å². The number of hydrogen-bond acceptors (Lipinski definition) is 4. The van der Waals surface area contributed by atoms with E-state index < -0.39 is 12.7 Å². The van der Waals surface area contributed by atoms with Gasteiger partial charge in [-0.1, -0.05) is 0 Å². The zero-order valence-electron chi connectivity index (χ0n) is 12.8. The number of H-pyrrole nitrogens is 1. The molecule has 2 fully saturated rings. The number of fused-ring (bicyclic) bond motifs is 4. The first-order chi connectivity index (χ1) is 11.1. The number of carbonyl (C=O) groups excluding carboxylic acids is 1. The van der Waals surface area contributed by atoms with Crippen molar-refractivity contribution in [1.29, 1.82) is 0 Å². The number of rotatable bonds is 1. The van der Waals surface area contributed by atoms with Crippen molar-refractivity contribution in [2.75, 3.05) is 13.1 Å². The minimum absolute atomic E-state index is 0.257. The largest absolute Gasteiger partial charge is 0.493 e. The number of pyridine rings is 1. The Morgan fingerprint density at radius 1 is 1.35 bits per heavy atom. The molecule has 0 aromatic carbocycles. The van der Waals surface area contributed by atoms with Crippen molar-refractivity contribution in [2.24, 2.45) is 5.41 Å². The molecule has 1 saturated carbocycles. The fraction of sp³-hybridized carbons (Fsp3) is 0.500. The van der Waals surface area contributed by atoms with Crippen LogP contribution in [0.1, 0.15) is 31.2 Å². The number of likely N-dealkylation sites (tertiary alicyclic amines) is 1. The van der Waals surface area contributed by atoms with E-state index in [0.717, 1.165) is 67.2 Å². The molecule has 1 amide bonds. The van der Waals surface area contributed by atoms with E-state index in [1.54, 1.807) is 6.20 Å². The van der Waals surface area contributed by atoms with Crippen LogP contribution in [0.2, 0.25) is 0 Å². The second kappa shape index (κ2) is 4.36. The SMILES string of the molecule is O=CN1CC2(CCC3(CC2)OB(O)c2cnc4[nH]ccc4c23)C1. The second-order valence-electron chi connectivity index (χ2n) is 7.30. The third kappa shape index (κ3) is 1.72. The van der Waals surface area contributed by atoms with E-state index in [2.05, 4.69) is 9.97 Å². The van der Waals surface area contributed by atoms with Gasteiger partial charge in [-0.2, -0.15) is 0 Å². The fourth-order valence-corrected chi connectivity index (χ4v) is 4.81. The van der Waals surface area contributed by atoms with Crippen LogP contribution < -0.4 is 5.46 Å². The maximum Gasteiger partial charge on any atom is 0.493 e. The van der Waals surface area contributed by atoms with Crippen LogP contribution in [0.4, 0.5) is 0 Å². The average molecular weight is 311 g/mol. The quantitative estimate of drug-likeness (QED) is 0.594. The average Bonchev–Trinajstić information content (AvgIpc) is 3.10. The standard InChI is InChI=1S/C16H18BN3O3/c21-10-20-8-15(9-20)2-4-16(5-3-15)13-11-1-6-18-14(11)19-7-12(13)17(22)23-16/h1,6-7,10,22H,2-5,8-9H2,(H,18,19). The lowest BCUT2D eigenvalue weighted by atomic mass is 9.63. The van der Waals surface area contributed by atoms with Crippen LogP contribution in [0.5, 0.6) is 0 Å². The molecule has 4 heterocycles. The second-order valence-corrected chi connectivity index (χ2v) is 7.30. The Hall–Kier alpha value is -1.86. The molecule has 5 rings (SSSR count). The van der Waals surface area contributed by atoms with E-state index in [1.165, 1.54) is 0 Å². The molecule has 0 radical (unpaired) electrons. The van der Waals surface area contributed by atoms with Gasteiger partial charge >= 0.3 is 7.12 Å². The minimum atomic E-state index is -0.890. The molecule has 3 aliphatic rings. The summed E-state index contributed by atoms with van der Waals surface area (Å²) in [6.45, 7) is 1.72. The van der Waals surface area contributed by atoms with E-state index in [1.807, 2.05) is 17.2 Å². The molecule has 2 aliphatic heterocycles. The fourth-order valence-electron chi connectivity index (χ4n) is 4.81. The van der Waals surface area contributed by atoms with Crippen molar-refractivity contribution in [3.63, 3.8) is 0 Å². The Bertz CT molecular complexity index is 789. The maximum atomic E-state index is 10.8. The van der Waals surface area contributed by atoms with Gasteiger partial charge in [0.15, 0.2) is 0 Å². The summed E-state index contributed by atoms with van der Waals surface area (Å²) in [4.78, 5) is 20.2. The van der Waals surface area contributed by atoms with Gasteiger partial charge in [0, 0.05) is 41.7 Å². The summed E-state index contributed by atoms with van der Waals surface area (Å²) < 4.78 is 6.07. The molecule has 1 saturated heterocycles. The topological polar surface area (TPSA) is 78.5 Å². The van der Waals surface area contributed by atoms with Crippen molar-refractivity contribution in [3.05, 3.63) is 24.0 Å². The van der Waals surface area contributed by atoms with E-state index in [-0.39, 0.29) is 5.41 Å². The summed E-state index contributed by atoms with van der Waals surface area (Å²) in [5, 5.41) is 11.4. The van der Waals surface area contributed by atoms with Crippen molar-refractivity contribution in [3.8, 4) is 0 Å². The molecule has 0 atom stereocenters. The van der Waals surface area contributed by atoms with E-state index in [0.29, 0.717) is 0 Å². The summed E-state index contributed by atoms with van der Waals surface area (Å²) in [5.41, 5.74) is 2.60. The Morgan fingerprint density at radius 2 is 2.13 bits per heavy atom. The molecule has 118 valence electrons. The number of hydrogen-bond donors (Lipinski definition) is 2. The van der Waals surface area contributed by atoms with Gasteiger partial charge in [0.2, 0.25) is 6.41 Å². The molecule has 2 aromatic heterocycles. The van der Waals surface area contributed by atoms with Crippen LogP contribution in [-0.2, 0) is 15.0 Å². The van der Waals surface area contributed by atoms with Gasteiger partial charge in [0.05, 0.1) is 5.60 Å². The van der Waals surface area contributed by atoms with Crippen molar-refractivity contribution in [2.45, 2.75) is 31.3 Å². The van der Waals surface area contributed by atoms with Crippen LogP contribution in [0.25, 0.3) is 11.0 Å². The first-order valence-corrected chi connectivity index (χ1v) is 8.17. The third-order valence-corrected chi connectivity index (χ3v) is 6.02. The highest BCUT2D eigenvalue weighted by Crippen LogP contribution is 2.53. The lowest BCUT2D eigenvalue weighted by molar-refractivity contribution is -0.136. The Morgan fingerprint density at radius 3 is 2.87 bits per heavy atom. The highest BCUT2D eigenvalue weighted by atomic mass is 16.5. The smallest absolute Gasteiger partial charge is 0.423 e. The van der Waals surface area contributed by atoms with Crippen LogP contribution in [-0.4, -0.2) is 46.5 Å². The van der Waals surface area contributed by atoms with E-state index in [4.69, 9.17) is 4.65 Å². The lowest BCUT2D eigenvalue weighted by Gasteiger charge is -2.54. The first kappa shape index (κ1) is 13.6. The predicted octanol–water partition coefficient (Wildman–Crippen LogP) is 0.508. The van der Waals surface area contributed by atoms with Gasteiger partial charge in [0.1, 0.15) is 5.65 Å². The Balaban J connectivity index is 1.52. The van der Waals surface area contributed by atoms with Crippen molar-refractivity contribution >= 4 is 30.0 Å². The van der Waals surface area contributed by atoms with Gasteiger partial charge in [-0.05, 0) is 37.3 Å². The van der Waals surface area contributed by atoms with Crippen molar-refractivity contribution in [1.82, 2.24) is 14.9 Å². The molecule has 0 bridgehead atoms. The number of carbonyl (C=O) groups is 1. The molecule has 2 aromatic rings. The van der Waals surface area contributed by atoms with E-state index in [9.17, 15) is 9.82 Å². The summed E-state index contributed by atoms with van der Waals surface area (Å²) in [5.74, 6) is 0. The zero-order chi connectivity index (χ0) is 15.7.